The van der Waals surface area contributed by atoms with Gasteiger partial charge in [-0.3, -0.25) is 4.98 Å². The van der Waals surface area contributed by atoms with Crippen LogP contribution in [-0.2, 0) is 16.6 Å². The summed E-state index contributed by atoms with van der Waals surface area (Å²) in [6.07, 6.45) is 4.64. The third-order valence-corrected chi connectivity index (χ3v) is 5.69. The van der Waals surface area contributed by atoms with Crippen LogP contribution in [-0.4, -0.2) is 42.0 Å². The second kappa shape index (κ2) is 6.62. The monoisotopic (exact) mass is 299 g/mol. The van der Waals surface area contributed by atoms with E-state index < -0.39 is 10.0 Å². The van der Waals surface area contributed by atoms with Gasteiger partial charge in [0.05, 0.1) is 5.69 Å². The van der Waals surface area contributed by atoms with Crippen molar-refractivity contribution in [2.45, 2.75) is 43.2 Å². The number of aliphatic hydroxyl groups is 1. The number of rotatable bonds is 5. The van der Waals surface area contributed by atoms with E-state index in [2.05, 4.69) is 4.98 Å². The zero-order valence-electron chi connectivity index (χ0n) is 11.4. The van der Waals surface area contributed by atoms with Gasteiger partial charge in [-0.1, -0.05) is 6.42 Å². The van der Waals surface area contributed by atoms with Crippen LogP contribution in [0.1, 0.15) is 31.4 Å². The first-order valence-electron chi connectivity index (χ1n) is 6.88. The first-order valence-corrected chi connectivity index (χ1v) is 8.32. The van der Waals surface area contributed by atoms with Gasteiger partial charge in [-0.25, -0.2) is 8.42 Å². The van der Waals surface area contributed by atoms with Gasteiger partial charge in [0.1, 0.15) is 4.90 Å². The molecule has 7 heteroatoms. The van der Waals surface area contributed by atoms with E-state index in [0.717, 1.165) is 19.3 Å². The predicted molar refractivity (Wildman–Crippen MR) is 75.4 cm³/mol. The van der Waals surface area contributed by atoms with Crippen molar-refractivity contribution in [3.05, 3.63) is 24.0 Å². The van der Waals surface area contributed by atoms with Crippen molar-refractivity contribution in [3.63, 3.8) is 0 Å². The summed E-state index contributed by atoms with van der Waals surface area (Å²) in [4.78, 5) is 4.24. The van der Waals surface area contributed by atoms with E-state index >= 15 is 0 Å². The van der Waals surface area contributed by atoms with Crippen LogP contribution >= 0.6 is 0 Å². The van der Waals surface area contributed by atoms with Crippen molar-refractivity contribution >= 4 is 10.0 Å². The lowest BCUT2D eigenvalue weighted by atomic mass is 10.0. The molecule has 1 aliphatic rings. The van der Waals surface area contributed by atoms with E-state index in [9.17, 15) is 8.42 Å². The Kier molecular flexibility index (Phi) is 5.09. The van der Waals surface area contributed by atoms with Crippen LogP contribution in [0.25, 0.3) is 0 Å². The maximum Gasteiger partial charge on any atom is 0.245 e. The maximum atomic E-state index is 12.8. The molecule has 112 valence electrons. The fourth-order valence-electron chi connectivity index (χ4n) is 2.67. The van der Waals surface area contributed by atoms with E-state index in [-0.39, 0.29) is 24.1 Å². The van der Waals surface area contributed by atoms with Crippen LogP contribution in [0.2, 0.25) is 0 Å². The zero-order valence-corrected chi connectivity index (χ0v) is 12.2. The summed E-state index contributed by atoms with van der Waals surface area (Å²) in [6, 6.07) is 3.02. The van der Waals surface area contributed by atoms with E-state index in [1.54, 1.807) is 18.3 Å². The van der Waals surface area contributed by atoms with E-state index in [4.69, 9.17) is 10.8 Å². The van der Waals surface area contributed by atoms with Crippen LogP contribution in [0, 0.1) is 0 Å². The molecule has 2 heterocycles. The summed E-state index contributed by atoms with van der Waals surface area (Å²) in [5, 5.41) is 9.12. The molecule has 0 amide bonds. The second-order valence-corrected chi connectivity index (χ2v) is 6.79. The summed E-state index contributed by atoms with van der Waals surface area (Å²) in [5.74, 6) is 0. The van der Waals surface area contributed by atoms with E-state index in [1.165, 1.54) is 4.31 Å². The molecule has 1 fully saturated rings. The smallest absolute Gasteiger partial charge is 0.245 e. The van der Waals surface area contributed by atoms with Crippen molar-refractivity contribution in [1.82, 2.24) is 9.29 Å². The summed E-state index contributed by atoms with van der Waals surface area (Å²) >= 11 is 0. The fourth-order valence-corrected chi connectivity index (χ4v) is 4.58. The Hall–Kier alpha value is -1.02. The maximum absolute atomic E-state index is 12.8. The number of nitrogens with zero attached hydrogens (tertiary/aromatic N) is 2. The third-order valence-electron chi connectivity index (χ3n) is 3.66. The molecule has 2 rings (SSSR count). The molecule has 1 atom stereocenters. The summed E-state index contributed by atoms with van der Waals surface area (Å²) in [6.45, 7) is 0.577. The predicted octanol–water partition coefficient (Wildman–Crippen LogP) is 0.466. The number of piperidine rings is 1. The standard InChI is InChI=1S/C13H21N3O3S/c14-10-12-13(5-3-7-15-12)20(18,19)16-8-2-1-4-11(16)6-9-17/h3,5,7,11,17H,1-2,4,6,8-10,14H2. The molecule has 0 aromatic carbocycles. The van der Waals surface area contributed by atoms with Gasteiger partial charge in [0, 0.05) is 31.9 Å². The molecule has 1 aromatic heterocycles. The van der Waals surface area contributed by atoms with Crippen LogP contribution in [0.5, 0.6) is 0 Å². The van der Waals surface area contributed by atoms with Crippen molar-refractivity contribution in [2.24, 2.45) is 5.73 Å². The van der Waals surface area contributed by atoms with Gasteiger partial charge in [-0.15, -0.1) is 0 Å². The number of hydrogen-bond acceptors (Lipinski definition) is 5. The van der Waals surface area contributed by atoms with Gasteiger partial charge in [0.15, 0.2) is 0 Å². The Balaban J connectivity index is 2.37. The van der Waals surface area contributed by atoms with E-state index in [0.29, 0.717) is 18.7 Å². The van der Waals surface area contributed by atoms with Gasteiger partial charge < -0.3 is 10.8 Å². The highest BCUT2D eigenvalue weighted by Crippen LogP contribution is 2.27. The molecular formula is C13H21N3O3S. The molecule has 0 saturated carbocycles. The van der Waals surface area contributed by atoms with Gasteiger partial charge in [0.2, 0.25) is 10.0 Å². The fraction of sp³-hybridized carbons (Fsp3) is 0.615. The molecule has 0 bridgehead atoms. The van der Waals surface area contributed by atoms with Gasteiger partial charge >= 0.3 is 0 Å². The second-order valence-electron chi connectivity index (χ2n) is 4.93. The van der Waals surface area contributed by atoms with Gasteiger partial charge in [-0.2, -0.15) is 4.31 Å². The first-order chi connectivity index (χ1) is 9.61. The minimum absolute atomic E-state index is 0.00648. The molecule has 0 aliphatic carbocycles. The highest BCUT2D eigenvalue weighted by atomic mass is 32.2. The molecule has 0 radical (unpaired) electrons. The van der Waals surface area contributed by atoms with Crippen molar-refractivity contribution in [2.75, 3.05) is 13.2 Å². The lowest BCUT2D eigenvalue weighted by Gasteiger charge is -2.34. The number of nitrogens with two attached hydrogens (primary N) is 1. The van der Waals surface area contributed by atoms with Crippen LogP contribution in [0.3, 0.4) is 0 Å². The van der Waals surface area contributed by atoms with Crippen LogP contribution in [0.15, 0.2) is 23.2 Å². The quantitative estimate of drug-likeness (QED) is 0.823. The first kappa shape index (κ1) is 15.4. The van der Waals surface area contributed by atoms with Crippen molar-refractivity contribution in [1.29, 1.82) is 0 Å². The average Bonchev–Trinajstić information content (AvgIpc) is 2.48. The number of sulfonamides is 1. The number of aromatic nitrogens is 1. The summed E-state index contributed by atoms with van der Waals surface area (Å²) < 4.78 is 27.1. The topological polar surface area (TPSA) is 96.5 Å². The largest absolute Gasteiger partial charge is 0.396 e. The highest BCUT2D eigenvalue weighted by Gasteiger charge is 2.34. The van der Waals surface area contributed by atoms with Crippen LogP contribution in [0.4, 0.5) is 0 Å². The van der Waals surface area contributed by atoms with Gasteiger partial charge in [-0.05, 0) is 31.4 Å². The Morgan fingerprint density at radius 3 is 2.95 bits per heavy atom. The van der Waals surface area contributed by atoms with Gasteiger partial charge in [0.25, 0.3) is 0 Å². The number of aliphatic hydroxyl groups excluding tert-OH is 1. The molecule has 1 unspecified atom stereocenters. The molecule has 1 saturated heterocycles. The zero-order chi connectivity index (χ0) is 14.6. The Labute approximate surface area is 119 Å². The highest BCUT2D eigenvalue weighted by molar-refractivity contribution is 7.89. The Morgan fingerprint density at radius 1 is 1.45 bits per heavy atom. The third kappa shape index (κ3) is 3.01. The Bertz CT molecular complexity index is 546. The molecule has 1 aromatic rings. The molecule has 1 aliphatic heterocycles. The van der Waals surface area contributed by atoms with Crippen molar-refractivity contribution < 1.29 is 13.5 Å². The minimum Gasteiger partial charge on any atom is -0.396 e. The van der Waals surface area contributed by atoms with Crippen molar-refractivity contribution in [3.8, 4) is 0 Å². The number of hydrogen-bond donors (Lipinski definition) is 2. The lowest BCUT2D eigenvalue weighted by Crippen LogP contribution is -2.44. The normalized spacial score (nSPS) is 21.0. The Morgan fingerprint density at radius 2 is 2.25 bits per heavy atom. The molecule has 3 N–H and O–H groups in total. The average molecular weight is 299 g/mol. The van der Waals surface area contributed by atoms with E-state index in [1.807, 2.05) is 0 Å². The number of pyridine rings is 1. The molecule has 0 spiro atoms. The lowest BCUT2D eigenvalue weighted by molar-refractivity contribution is 0.192. The van der Waals surface area contributed by atoms with Crippen LogP contribution < -0.4 is 5.73 Å². The minimum atomic E-state index is -3.60. The summed E-state index contributed by atoms with van der Waals surface area (Å²) in [7, 11) is -3.60. The summed E-state index contributed by atoms with van der Waals surface area (Å²) in [5.41, 5.74) is 5.97. The molecule has 6 nitrogen and oxygen atoms in total. The SMILES string of the molecule is NCc1ncccc1S(=O)(=O)N1CCCCC1CCO. The molecular weight excluding hydrogens is 278 g/mol. The molecule has 20 heavy (non-hydrogen) atoms.